The molecule has 0 amide bonds. The summed E-state index contributed by atoms with van der Waals surface area (Å²) in [6.07, 6.45) is 3.92. The first-order chi connectivity index (χ1) is 6.09. The Hall–Kier alpha value is 0.511. The number of carboxylic acid groups (broad SMARTS) is 2. The minimum atomic E-state index is -1.23. The summed E-state index contributed by atoms with van der Waals surface area (Å²) in [5, 5.41) is 17.0. The van der Waals surface area contributed by atoms with Gasteiger partial charge in [0.1, 0.15) is 0 Å². The van der Waals surface area contributed by atoms with Crippen LogP contribution in [0.25, 0.3) is 0 Å². The van der Waals surface area contributed by atoms with Gasteiger partial charge in [-0.1, -0.05) is 32.6 Å². The molecule has 0 fully saturated rings. The van der Waals surface area contributed by atoms with Gasteiger partial charge < -0.3 is 13.1 Å². The molecule has 14 heavy (non-hydrogen) atoms. The van der Waals surface area contributed by atoms with Crippen LogP contribution < -0.4 is 0 Å². The molecule has 0 radical (unpaired) electrons. The Morgan fingerprint density at radius 1 is 1.14 bits per heavy atom. The molecule has 4 nitrogen and oxygen atoms in total. The van der Waals surface area contributed by atoms with Crippen LogP contribution in [0.2, 0.25) is 0 Å². The van der Waals surface area contributed by atoms with Crippen molar-refractivity contribution in [3.05, 3.63) is 0 Å². The van der Waals surface area contributed by atoms with Gasteiger partial charge in [0.25, 0.3) is 0 Å². The zero-order chi connectivity index (χ0) is 10.3. The Morgan fingerprint density at radius 3 is 2.00 bits per heavy atom. The van der Waals surface area contributed by atoms with Gasteiger partial charge in [0.05, 0.1) is 0 Å². The van der Waals surface area contributed by atoms with E-state index < -0.39 is 17.9 Å². The van der Waals surface area contributed by atoms with E-state index in [2.05, 4.69) is 0 Å². The first-order valence-corrected chi connectivity index (χ1v) is 4.55. The van der Waals surface area contributed by atoms with Crippen LogP contribution >= 0.6 is 0 Å². The summed E-state index contributed by atoms with van der Waals surface area (Å²) in [6, 6.07) is 0. The van der Waals surface area contributed by atoms with Crippen LogP contribution in [0.4, 0.5) is 0 Å². The second-order valence-corrected chi connectivity index (χ2v) is 3.08. The SMILES string of the molecule is CCCCCCC(C(=O)O)C(=O)O.[Ba+2].[H-].[H-]. The normalized spacial score (nSPS) is 9.57. The predicted molar refractivity (Wildman–Crippen MR) is 55.5 cm³/mol. The smallest absolute Gasteiger partial charge is 1.00 e. The second kappa shape index (κ2) is 10.0. The van der Waals surface area contributed by atoms with Crippen molar-refractivity contribution in [1.29, 1.82) is 0 Å². The van der Waals surface area contributed by atoms with Crippen LogP contribution in [0.1, 0.15) is 41.9 Å². The molecule has 5 heteroatoms. The van der Waals surface area contributed by atoms with Gasteiger partial charge in [0, 0.05) is 0 Å². The van der Waals surface area contributed by atoms with E-state index in [9.17, 15) is 9.59 Å². The molecule has 0 unspecified atom stereocenters. The van der Waals surface area contributed by atoms with Crippen molar-refractivity contribution >= 4 is 60.8 Å². The number of unbranched alkanes of at least 4 members (excludes halogenated alkanes) is 3. The Bertz CT molecular complexity index is 176. The molecule has 0 heterocycles. The van der Waals surface area contributed by atoms with Gasteiger partial charge in [-0.25, -0.2) is 0 Å². The van der Waals surface area contributed by atoms with Crippen LogP contribution in [0.5, 0.6) is 0 Å². The van der Waals surface area contributed by atoms with Crippen molar-refractivity contribution in [2.24, 2.45) is 5.92 Å². The fourth-order valence-electron chi connectivity index (χ4n) is 1.13. The Balaban J connectivity index is -0.000000240. The van der Waals surface area contributed by atoms with Gasteiger partial charge in [-0.2, -0.15) is 0 Å². The fraction of sp³-hybridized carbons (Fsp3) is 0.778. The van der Waals surface area contributed by atoms with E-state index in [0.717, 1.165) is 19.3 Å². The van der Waals surface area contributed by atoms with E-state index in [1.54, 1.807) is 0 Å². The molecule has 0 rings (SSSR count). The maximum Gasteiger partial charge on any atom is 2.00 e. The molecular weight excluding hydrogens is 309 g/mol. The van der Waals surface area contributed by atoms with Gasteiger partial charge in [-0.05, 0) is 6.42 Å². The van der Waals surface area contributed by atoms with Crippen LogP contribution in [-0.4, -0.2) is 71.0 Å². The van der Waals surface area contributed by atoms with Crippen LogP contribution in [0.15, 0.2) is 0 Å². The Kier molecular flexibility index (Phi) is 12.1. The average molecular weight is 328 g/mol. The number of hydrogen-bond acceptors (Lipinski definition) is 2. The number of rotatable bonds is 7. The van der Waals surface area contributed by atoms with E-state index in [-0.39, 0.29) is 58.2 Å². The summed E-state index contributed by atoms with van der Waals surface area (Å²) in [4.78, 5) is 20.8. The predicted octanol–water partition coefficient (Wildman–Crippen LogP) is 1.59. The Labute approximate surface area is 127 Å². The van der Waals surface area contributed by atoms with E-state index in [0.29, 0.717) is 6.42 Å². The average Bonchev–Trinajstić information content (AvgIpc) is 2.02. The van der Waals surface area contributed by atoms with Crippen LogP contribution in [0.3, 0.4) is 0 Å². The molecular formula is C9H18BaO4. The molecule has 0 aromatic heterocycles. The molecule has 0 aromatic carbocycles. The molecule has 0 aliphatic rings. The molecule has 0 aromatic rings. The van der Waals surface area contributed by atoms with Gasteiger partial charge in [-0.3, -0.25) is 9.59 Å². The summed E-state index contributed by atoms with van der Waals surface area (Å²) in [5.74, 6) is -3.69. The van der Waals surface area contributed by atoms with Gasteiger partial charge >= 0.3 is 60.8 Å². The van der Waals surface area contributed by atoms with E-state index in [1.807, 2.05) is 6.92 Å². The topological polar surface area (TPSA) is 74.6 Å². The van der Waals surface area contributed by atoms with Crippen molar-refractivity contribution in [3.63, 3.8) is 0 Å². The van der Waals surface area contributed by atoms with Crippen molar-refractivity contribution in [1.82, 2.24) is 0 Å². The molecule has 2 N–H and O–H groups in total. The minimum Gasteiger partial charge on any atom is -1.00 e. The Morgan fingerprint density at radius 2 is 1.64 bits per heavy atom. The molecule has 0 saturated heterocycles. The van der Waals surface area contributed by atoms with Gasteiger partial charge in [0.2, 0.25) is 0 Å². The van der Waals surface area contributed by atoms with Gasteiger partial charge in [-0.15, -0.1) is 0 Å². The third kappa shape index (κ3) is 7.87. The molecule has 0 saturated carbocycles. The maximum absolute atomic E-state index is 10.4. The molecule has 0 spiro atoms. The standard InChI is InChI=1S/C9H16O4.Ba.2H/c1-2-3-4-5-6-7(8(10)11)9(12)13;;;/h7H,2-6H2,1H3,(H,10,11)(H,12,13);;;/q;+2;2*-1. The molecule has 0 atom stereocenters. The quantitative estimate of drug-likeness (QED) is 0.423. The van der Waals surface area contributed by atoms with Gasteiger partial charge in [0.15, 0.2) is 5.92 Å². The van der Waals surface area contributed by atoms with Crippen molar-refractivity contribution in [3.8, 4) is 0 Å². The molecule has 0 bridgehead atoms. The van der Waals surface area contributed by atoms with Crippen LogP contribution in [-0.2, 0) is 9.59 Å². The van der Waals surface area contributed by atoms with E-state index >= 15 is 0 Å². The summed E-state index contributed by atoms with van der Waals surface area (Å²) >= 11 is 0. The molecule has 80 valence electrons. The van der Waals surface area contributed by atoms with Crippen molar-refractivity contribution < 1.29 is 22.7 Å². The minimum absolute atomic E-state index is 0. The second-order valence-electron chi connectivity index (χ2n) is 3.08. The third-order valence-electron chi connectivity index (χ3n) is 1.94. The largest absolute Gasteiger partial charge is 2.00 e. The number of aliphatic carboxylic acids is 2. The monoisotopic (exact) mass is 328 g/mol. The number of carbonyl (C=O) groups is 2. The summed E-state index contributed by atoms with van der Waals surface area (Å²) < 4.78 is 0. The van der Waals surface area contributed by atoms with Crippen LogP contribution in [0, 0.1) is 5.92 Å². The summed E-state index contributed by atoms with van der Waals surface area (Å²) in [6.45, 7) is 2.05. The number of carboxylic acids is 2. The number of hydrogen-bond donors (Lipinski definition) is 2. The third-order valence-corrected chi connectivity index (χ3v) is 1.94. The fourth-order valence-corrected chi connectivity index (χ4v) is 1.13. The zero-order valence-corrected chi connectivity index (χ0v) is 13.0. The molecule has 0 aliphatic heterocycles. The van der Waals surface area contributed by atoms with Crippen molar-refractivity contribution in [2.45, 2.75) is 39.0 Å². The summed E-state index contributed by atoms with van der Waals surface area (Å²) in [5.41, 5.74) is 0. The maximum atomic E-state index is 10.4. The molecule has 0 aliphatic carbocycles. The van der Waals surface area contributed by atoms with E-state index in [1.165, 1.54) is 0 Å². The zero-order valence-electron chi connectivity index (χ0n) is 10.5. The van der Waals surface area contributed by atoms with Crippen molar-refractivity contribution in [2.75, 3.05) is 0 Å². The first-order valence-electron chi connectivity index (χ1n) is 4.55. The van der Waals surface area contributed by atoms with E-state index in [4.69, 9.17) is 10.2 Å². The first kappa shape index (κ1) is 16.9. The summed E-state index contributed by atoms with van der Waals surface area (Å²) in [7, 11) is 0.